The van der Waals surface area contributed by atoms with E-state index in [1.807, 2.05) is 0 Å². The summed E-state index contributed by atoms with van der Waals surface area (Å²) >= 11 is 0. The van der Waals surface area contributed by atoms with Crippen molar-refractivity contribution < 1.29 is 0 Å². The smallest absolute Gasteiger partial charge is 0.0107 e. The van der Waals surface area contributed by atoms with Gasteiger partial charge in [0.2, 0.25) is 0 Å². The first-order chi connectivity index (χ1) is 9.22. The van der Waals surface area contributed by atoms with E-state index < -0.39 is 0 Å². The Kier molecular flexibility index (Phi) is 3.90. The van der Waals surface area contributed by atoms with Crippen LogP contribution in [0.4, 0.5) is 0 Å². The fourth-order valence-corrected chi connectivity index (χ4v) is 3.04. The average molecular weight is 258 g/mol. The highest BCUT2D eigenvalue weighted by atomic mass is 15.2. The van der Waals surface area contributed by atoms with Gasteiger partial charge in [-0.2, -0.15) is 0 Å². The van der Waals surface area contributed by atoms with Gasteiger partial charge in [-0.05, 0) is 51.1 Å². The summed E-state index contributed by atoms with van der Waals surface area (Å²) in [5.74, 6) is 0.791. The summed E-state index contributed by atoms with van der Waals surface area (Å²) in [4.78, 5) is 2.50. The van der Waals surface area contributed by atoms with E-state index in [-0.39, 0.29) is 0 Å². The minimum absolute atomic E-state index is 0.749. The van der Waals surface area contributed by atoms with Gasteiger partial charge in [0.05, 0.1) is 0 Å². The van der Waals surface area contributed by atoms with Crippen LogP contribution in [-0.2, 0) is 0 Å². The topological polar surface area (TPSA) is 15.3 Å². The first kappa shape index (κ1) is 13.1. The summed E-state index contributed by atoms with van der Waals surface area (Å²) in [6.45, 7) is 4.51. The van der Waals surface area contributed by atoms with Gasteiger partial charge in [0.1, 0.15) is 0 Å². The third-order valence-electron chi connectivity index (χ3n) is 4.75. The van der Waals surface area contributed by atoms with Crippen molar-refractivity contribution in [2.75, 3.05) is 20.1 Å². The molecule has 2 aliphatic carbocycles. The number of hydrogen-bond donors (Lipinski definition) is 1. The number of hydrogen-bond acceptors (Lipinski definition) is 2. The van der Waals surface area contributed by atoms with Crippen molar-refractivity contribution in [1.29, 1.82) is 0 Å². The third kappa shape index (κ3) is 3.37. The van der Waals surface area contributed by atoms with Gasteiger partial charge in [-0.1, -0.05) is 29.8 Å². The number of benzene rings is 1. The largest absolute Gasteiger partial charge is 0.313 e. The summed E-state index contributed by atoms with van der Waals surface area (Å²) < 4.78 is 0. The quantitative estimate of drug-likeness (QED) is 0.844. The lowest BCUT2D eigenvalue weighted by Gasteiger charge is -2.37. The molecule has 0 radical (unpaired) electrons. The number of rotatable bonds is 6. The van der Waals surface area contributed by atoms with Crippen LogP contribution in [0.3, 0.4) is 0 Å². The maximum atomic E-state index is 3.70. The number of likely N-dealkylation sites (N-methyl/N-ethyl adjacent to an activating group) is 1. The predicted molar refractivity (Wildman–Crippen MR) is 80.6 cm³/mol. The Morgan fingerprint density at radius 1 is 1.16 bits per heavy atom. The van der Waals surface area contributed by atoms with E-state index >= 15 is 0 Å². The maximum Gasteiger partial charge on any atom is 0.0107 e. The van der Waals surface area contributed by atoms with Gasteiger partial charge in [0.25, 0.3) is 0 Å². The van der Waals surface area contributed by atoms with Gasteiger partial charge in [-0.25, -0.2) is 0 Å². The van der Waals surface area contributed by atoms with Crippen LogP contribution >= 0.6 is 0 Å². The zero-order valence-electron chi connectivity index (χ0n) is 12.2. The van der Waals surface area contributed by atoms with E-state index in [4.69, 9.17) is 0 Å². The number of nitrogens with zero attached hydrogens (tertiary/aromatic N) is 1. The second-order valence-corrected chi connectivity index (χ2v) is 6.44. The monoisotopic (exact) mass is 258 g/mol. The highest BCUT2D eigenvalue weighted by molar-refractivity contribution is 5.26. The predicted octanol–water partition coefficient (Wildman–Crippen LogP) is 2.92. The van der Waals surface area contributed by atoms with E-state index in [1.165, 1.54) is 43.4 Å². The molecule has 19 heavy (non-hydrogen) atoms. The zero-order valence-corrected chi connectivity index (χ0v) is 12.2. The van der Waals surface area contributed by atoms with Crippen molar-refractivity contribution in [2.45, 2.75) is 50.6 Å². The Labute approximate surface area is 117 Å². The van der Waals surface area contributed by atoms with Gasteiger partial charge in [-0.15, -0.1) is 0 Å². The molecule has 1 N–H and O–H groups in total. The van der Waals surface area contributed by atoms with Gasteiger partial charge in [0, 0.05) is 25.2 Å². The van der Waals surface area contributed by atoms with Crippen molar-refractivity contribution in [1.82, 2.24) is 10.2 Å². The average Bonchev–Trinajstić information content (AvgIpc) is 3.17. The summed E-state index contributed by atoms with van der Waals surface area (Å²) in [6, 6.07) is 10.7. The van der Waals surface area contributed by atoms with Crippen LogP contribution < -0.4 is 5.32 Å². The third-order valence-corrected chi connectivity index (χ3v) is 4.75. The molecule has 0 saturated heterocycles. The van der Waals surface area contributed by atoms with Crippen molar-refractivity contribution in [3.05, 3.63) is 35.4 Å². The first-order valence-electron chi connectivity index (χ1n) is 7.72. The van der Waals surface area contributed by atoms with E-state index in [0.717, 1.165) is 24.5 Å². The fourth-order valence-electron chi connectivity index (χ4n) is 3.04. The molecular formula is C17H26N2. The highest BCUT2D eigenvalue weighted by Crippen LogP contribution is 2.36. The van der Waals surface area contributed by atoms with Gasteiger partial charge < -0.3 is 10.2 Å². The maximum absolute atomic E-state index is 3.70. The summed E-state index contributed by atoms with van der Waals surface area (Å²) in [7, 11) is 2.26. The normalized spacial score (nSPS) is 26.5. The zero-order chi connectivity index (χ0) is 13.2. The van der Waals surface area contributed by atoms with Gasteiger partial charge >= 0.3 is 0 Å². The molecule has 2 saturated carbocycles. The standard InChI is InChI=1S/C17H26N2/c1-13-3-5-14(6-4-13)15-11-16(12-15)18-9-10-19(2)17-7-8-17/h3-6,15-18H,7-12H2,1-2H3. The van der Waals surface area contributed by atoms with Crippen LogP contribution in [0.5, 0.6) is 0 Å². The molecule has 0 aliphatic heterocycles. The van der Waals surface area contributed by atoms with E-state index in [9.17, 15) is 0 Å². The van der Waals surface area contributed by atoms with Crippen LogP contribution in [0.1, 0.15) is 42.7 Å². The molecule has 1 aromatic rings. The molecule has 0 spiro atoms. The van der Waals surface area contributed by atoms with Crippen LogP contribution in [0.15, 0.2) is 24.3 Å². The van der Waals surface area contributed by atoms with Crippen LogP contribution in [-0.4, -0.2) is 37.1 Å². The second kappa shape index (κ2) is 5.64. The molecule has 3 rings (SSSR count). The van der Waals surface area contributed by atoms with Gasteiger partial charge in [0.15, 0.2) is 0 Å². The molecule has 2 nitrogen and oxygen atoms in total. The van der Waals surface area contributed by atoms with Crippen molar-refractivity contribution in [3.63, 3.8) is 0 Å². The molecule has 0 aromatic heterocycles. The summed E-state index contributed by atoms with van der Waals surface area (Å²) in [5.41, 5.74) is 2.89. The Morgan fingerprint density at radius 3 is 2.47 bits per heavy atom. The molecule has 2 heteroatoms. The fraction of sp³-hybridized carbons (Fsp3) is 0.647. The Balaban J connectivity index is 1.34. The van der Waals surface area contributed by atoms with Gasteiger partial charge in [-0.3, -0.25) is 0 Å². The minimum Gasteiger partial charge on any atom is -0.313 e. The Hall–Kier alpha value is -0.860. The summed E-state index contributed by atoms with van der Waals surface area (Å²) in [5, 5.41) is 3.70. The molecule has 0 amide bonds. The van der Waals surface area contributed by atoms with Crippen molar-refractivity contribution in [3.8, 4) is 0 Å². The lowest BCUT2D eigenvalue weighted by Crippen LogP contribution is -2.43. The lowest BCUT2D eigenvalue weighted by molar-refractivity contribution is 0.262. The molecule has 2 aliphatic rings. The molecule has 0 unspecified atom stereocenters. The number of aryl methyl sites for hydroxylation is 1. The number of nitrogens with one attached hydrogen (secondary N) is 1. The molecule has 104 valence electrons. The molecule has 0 atom stereocenters. The first-order valence-corrected chi connectivity index (χ1v) is 7.72. The molecule has 1 aromatic carbocycles. The van der Waals surface area contributed by atoms with Crippen molar-refractivity contribution >= 4 is 0 Å². The Morgan fingerprint density at radius 2 is 1.84 bits per heavy atom. The van der Waals surface area contributed by atoms with E-state index in [1.54, 1.807) is 0 Å². The highest BCUT2D eigenvalue weighted by Gasteiger charge is 2.30. The lowest BCUT2D eigenvalue weighted by atomic mass is 9.76. The SMILES string of the molecule is Cc1ccc(C2CC(NCCN(C)C3CC3)C2)cc1. The molecular weight excluding hydrogens is 232 g/mol. The van der Waals surface area contributed by atoms with E-state index in [0.29, 0.717) is 0 Å². The van der Waals surface area contributed by atoms with Crippen molar-refractivity contribution in [2.24, 2.45) is 0 Å². The van der Waals surface area contributed by atoms with Crippen LogP contribution in [0, 0.1) is 6.92 Å². The Bertz CT molecular complexity index is 402. The van der Waals surface area contributed by atoms with Crippen LogP contribution in [0.2, 0.25) is 0 Å². The minimum atomic E-state index is 0.749. The molecule has 2 fully saturated rings. The second-order valence-electron chi connectivity index (χ2n) is 6.44. The molecule has 0 heterocycles. The van der Waals surface area contributed by atoms with Crippen LogP contribution in [0.25, 0.3) is 0 Å². The van der Waals surface area contributed by atoms with E-state index in [2.05, 4.69) is 48.5 Å². The molecule has 0 bridgehead atoms. The summed E-state index contributed by atoms with van der Waals surface area (Å²) in [6.07, 6.45) is 5.46.